The Morgan fingerprint density at radius 3 is 2.45 bits per heavy atom. The number of hydrogen-bond donors (Lipinski definition) is 1. The Morgan fingerprint density at radius 2 is 1.90 bits per heavy atom. The van der Waals surface area contributed by atoms with Crippen molar-refractivity contribution in [2.75, 3.05) is 6.54 Å². The van der Waals surface area contributed by atoms with E-state index in [4.69, 9.17) is 9.97 Å². The SMILES string of the molecule is CCC(C)SCc1nc(C)c(CCNC2CC2)c(C)n1. The molecule has 20 heavy (non-hydrogen) atoms. The van der Waals surface area contributed by atoms with E-state index < -0.39 is 0 Å². The van der Waals surface area contributed by atoms with Crippen molar-refractivity contribution < 1.29 is 0 Å². The third kappa shape index (κ3) is 4.74. The van der Waals surface area contributed by atoms with E-state index in [1.54, 1.807) is 0 Å². The standard InChI is InChI=1S/C16H27N3S/c1-5-11(2)20-10-16-18-12(3)15(13(4)19-16)8-9-17-14-6-7-14/h11,14,17H,5-10H2,1-4H3. The fourth-order valence-electron chi connectivity index (χ4n) is 2.26. The molecule has 1 N–H and O–H groups in total. The van der Waals surface area contributed by atoms with Crippen molar-refractivity contribution in [3.63, 3.8) is 0 Å². The average molecular weight is 293 g/mol. The van der Waals surface area contributed by atoms with Gasteiger partial charge in [-0.15, -0.1) is 0 Å². The van der Waals surface area contributed by atoms with E-state index in [1.165, 1.54) is 24.8 Å². The first-order chi connectivity index (χ1) is 9.60. The Morgan fingerprint density at radius 1 is 1.25 bits per heavy atom. The Bertz CT molecular complexity index is 420. The fraction of sp³-hybridized carbons (Fsp3) is 0.750. The molecule has 0 aromatic carbocycles. The van der Waals surface area contributed by atoms with Gasteiger partial charge >= 0.3 is 0 Å². The van der Waals surface area contributed by atoms with Gasteiger partial charge in [-0.05, 0) is 51.6 Å². The first-order valence-corrected chi connectivity index (χ1v) is 8.83. The van der Waals surface area contributed by atoms with Crippen LogP contribution in [0.4, 0.5) is 0 Å². The Kier molecular flexibility index (Phi) is 5.85. The van der Waals surface area contributed by atoms with Crippen LogP contribution in [0.15, 0.2) is 0 Å². The molecule has 0 amide bonds. The molecule has 0 aliphatic heterocycles. The van der Waals surface area contributed by atoms with Crippen molar-refractivity contribution in [2.45, 2.75) is 70.4 Å². The van der Waals surface area contributed by atoms with Crippen LogP contribution in [0.5, 0.6) is 0 Å². The zero-order chi connectivity index (χ0) is 14.5. The molecule has 1 aromatic heterocycles. The van der Waals surface area contributed by atoms with Gasteiger partial charge in [0.2, 0.25) is 0 Å². The molecule has 1 aromatic rings. The molecule has 1 unspecified atom stereocenters. The van der Waals surface area contributed by atoms with Crippen LogP contribution >= 0.6 is 11.8 Å². The first-order valence-electron chi connectivity index (χ1n) is 7.78. The second-order valence-corrected chi connectivity index (χ2v) is 7.22. The van der Waals surface area contributed by atoms with Crippen molar-refractivity contribution in [2.24, 2.45) is 0 Å². The molecule has 2 rings (SSSR count). The first kappa shape index (κ1) is 15.8. The quantitative estimate of drug-likeness (QED) is 0.797. The van der Waals surface area contributed by atoms with E-state index in [-0.39, 0.29) is 0 Å². The maximum Gasteiger partial charge on any atom is 0.138 e. The zero-order valence-corrected chi connectivity index (χ0v) is 14.0. The average Bonchev–Trinajstić information content (AvgIpc) is 3.23. The van der Waals surface area contributed by atoms with Crippen molar-refractivity contribution in [1.29, 1.82) is 0 Å². The second kappa shape index (κ2) is 7.41. The van der Waals surface area contributed by atoms with Crippen molar-refractivity contribution in [1.82, 2.24) is 15.3 Å². The third-order valence-electron chi connectivity index (χ3n) is 3.92. The van der Waals surface area contributed by atoms with Gasteiger partial charge in [0, 0.05) is 22.7 Å². The number of hydrogen-bond acceptors (Lipinski definition) is 4. The van der Waals surface area contributed by atoms with Gasteiger partial charge in [0.1, 0.15) is 5.82 Å². The topological polar surface area (TPSA) is 37.8 Å². The minimum Gasteiger partial charge on any atom is -0.314 e. The molecule has 0 saturated heterocycles. The smallest absolute Gasteiger partial charge is 0.138 e. The molecule has 1 saturated carbocycles. The number of aromatic nitrogens is 2. The van der Waals surface area contributed by atoms with Crippen LogP contribution in [0.1, 0.15) is 55.9 Å². The van der Waals surface area contributed by atoms with E-state index in [0.29, 0.717) is 5.25 Å². The van der Waals surface area contributed by atoms with Crippen LogP contribution in [0, 0.1) is 13.8 Å². The third-order valence-corrected chi connectivity index (χ3v) is 5.25. The summed E-state index contributed by atoms with van der Waals surface area (Å²) < 4.78 is 0. The highest BCUT2D eigenvalue weighted by atomic mass is 32.2. The molecule has 112 valence electrons. The van der Waals surface area contributed by atoms with Crippen LogP contribution in [-0.4, -0.2) is 27.8 Å². The molecule has 1 aliphatic carbocycles. The van der Waals surface area contributed by atoms with Crippen LogP contribution in [0.2, 0.25) is 0 Å². The predicted molar refractivity (Wildman–Crippen MR) is 87.3 cm³/mol. The molecule has 1 fully saturated rings. The monoisotopic (exact) mass is 293 g/mol. The summed E-state index contributed by atoms with van der Waals surface area (Å²) in [4.78, 5) is 9.39. The Balaban J connectivity index is 1.92. The van der Waals surface area contributed by atoms with Gasteiger partial charge in [-0.1, -0.05) is 13.8 Å². The number of nitrogens with one attached hydrogen (secondary N) is 1. The van der Waals surface area contributed by atoms with E-state index in [1.807, 2.05) is 11.8 Å². The minimum absolute atomic E-state index is 0.682. The maximum absolute atomic E-state index is 4.69. The van der Waals surface area contributed by atoms with Crippen molar-refractivity contribution in [3.05, 3.63) is 22.8 Å². The number of nitrogens with zero attached hydrogens (tertiary/aromatic N) is 2. The zero-order valence-electron chi connectivity index (χ0n) is 13.2. The highest BCUT2D eigenvalue weighted by Gasteiger charge is 2.20. The highest BCUT2D eigenvalue weighted by Crippen LogP contribution is 2.21. The van der Waals surface area contributed by atoms with E-state index in [0.717, 1.165) is 42.0 Å². The van der Waals surface area contributed by atoms with Gasteiger partial charge in [-0.3, -0.25) is 0 Å². The molecule has 1 heterocycles. The summed E-state index contributed by atoms with van der Waals surface area (Å²) in [6, 6.07) is 0.780. The Labute approximate surface area is 127 Å². The number of rotatable bonds is 8. The van der Waals surface area contributed by atoms with E-state index in [9.17, 15) is 0 Å². The summed E-state index contributed by atoms with van der Waals surface area (Å²) in [5.74, 6) is 1.92. The summed E-state index contributed by atoms with van der Waals surface area (Å²) in [5, 5.41) is 4.24. The molecule has 1 atom stereocenters. The highest BCUT2D eigenvalue weighted by molar-refractivity contribution is 7.99. The number of thioether (sulfide) groups is 1. The summed E-state index contributed by atoms with van der Waals surface area (Å²) in [5.41, 5.74) is 3.65. The maximum atomic E-state index is 4.69. The molecule has 0 spiro atoms. The summed E-state index contributed by atoms with van der Waals surface area (Å²) in [6.45, 7) is 9.79. The van der Waals surface area contributed by atoms with E-state index in [2.05, 4.69) is 33.0 Å². The van der Waals surface area contributed by atoms with Crippen molar-refractivity contribution >= 4 is 11.8 Å². The largest absolute Gasteiger partial charge is 0.314 e. The molecule has 4 heteroatoms. The lowest BCUT2D eigenvalue weighted by atomic mass is 10.1. The van der Waals surface area contributed by atoms with E-state index >= 15 is 0 Å². The van der Waals surface area contributed by atoms with Gasteiger partial charge in [0.25, 0.3) is 0 Å². The lowest BCUT2D eigenvalue weighted by Crippen LogP contribution is -2.20. The summed E-state index contributed by atoms with van der Waals surface area (Å²) in [6.07, 6.45) is 4.95. The van der Waals surface area contributed by atoms with Crippen molar-refractivity contribution in [3.8, 4) is 0 Å². The molecular weight excluding hydrogens is 266 g/mol. The summed E-state index contributed by atoms with van der Waals surface area (Å²) in [7, 11) is 0. The molecular formula is C16H27N3S. The van der Waals surface area contributed by atoms with Gasteiger partial charge in [-0.25, -0.2) is 9.97 Å². The van der Waals surface area contributed by atoms with Crippen LogP contribution in [0.3, 0.4) is 0 Å². The second-order valence-electron chi connectivity index (χ2n) is 5.80. The molecule has 3 nitrogen and oxygen atoms in total. The lowest BCUT2D eigenvalue weighted by Gasteiger charge is -2.12. The van der Waals surface area contributed by atoms with Gasteiger partial charge < -0.3 is 5.32 Å². The molecule has 0 radical (unpaired) electrons. The minimum atomic E-state index is 0.682. The molecule has 0 bridgehead atoms. The normalized spacial score (nSPS) is 16.4. The fourth-order valence-corrected chi connectivity index (χ4v) is 3.06. The summed E-state index contributed by atoms with van der Waals surface area (Å²) >= 11 is 1.95. The van der Waals surface area contributed by atoms with Crippen LogP contribution in [-0.2, 0) is 12.2 Å². The van der Waals surface area contributed by atoms with Gasteiger partial charge in [0.15, 0.2) is 0 Å². The van der Waals surface area contributed by atoms with Crippen LogP contribution in [0.25, 0.3) is 0 Å². The van der Waals surface area contributed by atoms with Gasteiger partial charge in [0.05, 0.1) is 5.75 Å². The Hall–Kier alpha value is -0.610. The van der Waals surface area contributed by atoms with Gasteiger partial charge in [-0.2, -0.15) is 11.8 Å². The predicted octanol–water partition coefficient (Wildman–Crippen LogP) is 3.42. The lowest BCUT2D eigenvalue weighted by molar-refractivity contribution is 0.674. The molecule has 1 aliphatic rings. The van der Waals surface area contributed by atoms with Crippen LogP contribution < -0.4 is 5.32 Å². The number of aryl methyl sites for hydroxylation is 2.